The average molecular weight is 524 g/mol. The van der Waals surface area contributed by atoms with Crippen LogP contribution in [0.25, 0.3) is 0 Å². The standard InChI is InChI=1S/C33H65NO3/c1-3-5-7-9-11-13-15-16-17-18-19-21-23-25-27-29-33(37)34-31(30-35)32(36)28-26-24-22-20-14-12-10-8-6-4-2/h16-17,31-32,35-36H,3-15,18-30H2,1-2H3,(H,34,37)/b17-16+/t31-,32+/m0/s1. The van der Waals surface area contributed by atoms with E-state index in [0.717, 1.165) is 25.7 Å². The minimum absolute atomic E-state index is 0.0428. The number of allylic oxidation sites excluding steroid dienone is 2. The van der Waals surface area contributed by atoms with Gasteiger partial charge in [-0.1, -0.05) is 142 Å². The molecule has 0 heterocycles. The molecule has 0 unspecified atom stereocenters. The number of unbranched alkanes of at least 4 members (excludes halogenated alkanes) is 20. The zero-order valence-electron chi connectivity index (χ0n) is 25.0. The van der Waals surface area contributed by atoms with Crippen molar-refractivity contribution >= 4 is 5.91 Å². The molecule has 0 aliphatic heterocycles. The average Bonchev–Trinajstić information content (AvgIpc) is 2.90. The molecular formula is C33H65NO3. The third-order valence-corrected chi connectivity index (χ3v) is 7.53. The second-order valence-corrected chi connectivity index (χ2v) is 11.2. The lowest BCUT2D eigenvalue weighted by atomic mass is 10.0. The second kappa shape index (κ2) is 29.7. The molecule has 3 N–H and O–H groups in total. The molecule has 220 valence electrons. The maximum absolute atomic E-state index is 12.3. The normalized spacial score (nSPS) is 13.3. The number of hydrogen-bond donors (Lipinski definition) is 3. The van der Waals surface area contributed by atoms with E-state index in [1.54, 1.807) is 0 Å². The lowest BCUT2D eigenvalue weighted by Gasteiger charge is -2.22. The van der Waals surface area contributed by atoms with Gasteiger partial charge in [-0.3, -0.25) is 4.79 Å². The Morgan fingerprint density at radius 2 is 1.03 bits per heavy atom. The van der Waals surface area contributed by atoms with Gasteiger partial charge >= 0.3 is 0 Å². The first kappa shape index (κ1) is 36.1. The molecule has 0 rings (SSSR count). The SMILES string of the molecule is CCCCCCCC/C=C/CCCCCCCC(=O)N[C@@H](CO)[C@H](O)CCCCCCCCCCCC. The van der Waals surface area contributed by atoms with Gasteiger partial charge in [-0.15, -0.1) is 0 Å². The third-order valence-electron chi connectivity index (χ3n) is 7.53. The van der Waals surface area contributed by atoms with Gasteiger partial charge < -0.3 is 15.5 Å². The molecule has 0 spiro atoms. The molecule has 0 radical (unpaired) electrons. The van der Waals surface area contributed by atoms with Crippen LogP contribution in [0.4, 0.5) is 0 Å². The van der Waals surface area contributed by atoms with Crippen LogP contribution in [-0.2, 0) is 4.79 Å². The number of aliphatic hydroxyl groups excluding tert-OH is 2. The molecule has 4 nitrogen and oxygen atoms in total. The second-order valence-electron chi connectivity index (χ2n) is 11.2. The van der Waals surface area contributed by atoms with E-state index in [-0.39, 0.29) is 12.5 Å². The van der Waals surface area contributed by atoms with Crippen molar-refractivity contribution in [2.24, 2.45) is 0 Å². The van der Waals surface area contributed by atoms with Gasteiger partial charge in [0.15, 0.2) is 0 Å². The van der Waals surface area contributed by atoms with Gasteiger partial charge in [0, 0.05) is 6.42 Å². The number of carbonyl (C=O) groups is 1. The zero-order chi connectivity index (χ0) is 27.2. The van der Waals surface area contributed by atoms with Gasteiger partial charge in [0.05, 0.1) is 18.8 Å². The van der Waals surface area contributed by atoms with E-state index in [1.165, 1.54) is 122 Å². The highest BCUT2D eigenvalue weighted by Crippen LogP contribution is 2.14. The van der Waals surface area contributed by atoms with Crippen LogP contribution in [0.3, 0.4) is 0 Å². The van der Waals surface area contributed by atoms with Gasteiger partial charge in [0.25, 0.3) is 0 Å². The number of carbonyl (C=O) groups excluding carboxylic acids is 1. The summed E-state index contributed by atoms with van der Waals surface area (Å²) in [6.07, 6.45) is 34.0. The smallest absolute Gasteiger partial charge is 0.220 e. The summed E-state index contributed by atoms with van der Waals surface area (Å²) in [5.41, 5.74) is 0. The number of nitrogens with one attached hydrogen (secondary N) is 1. The fourth-order valence-corrected chi connectivity index (χ4v) is 4.94. The fourth-order valence-electron chi connectivity index (χ4n) is 4.94. The highest BCUT2D eigenvalue weighted by Gasteiger charge is 2.19. The molecular weight excluding hydrogens is 458 g/mol. The van der Waals surface area contributed by atoms with E-state index < -0.39 is 12.1 Å². The third kappa shape index (κ3) is 26.5. The van der Waals surface area contributed by atoms with Crippen molar-refractivity contribution in [3.8, 4) is 0 Å². The van der Waals surface area contributed by atoms with Crippen molar-refractivity contribution in [1.29, 1.82) is 0 Å². The maximum atomic E-state index is 12.3. The van der Waals surface area contributed by atoms with Crippen molar-refractivity contribution in [3.05, 3.63) is 12.2 Å². The van der Waals surface area contributed by atoms with Crippen molar-refractivity contribution < 1.29 is 15.0 Å². The van der Waals surface area contributed by atoms with Crippen molar-refractivity contribution in [3.63, 3.8) is 0 Å². The molecule has 2 atom stereocenters. The number of hydrogen-bond acceptors (Lipinski definition) is 3. The van der Waals surface area contributed by atoms with Gasteiger partial charge in [0.1, 0.15) is 0 Å². The first-order valence-electron chi connectivity index (χ1n) is 16.4. The summed E-state index contributed by atoms with van der Waals surface area (Å²) in [6, 6.07) is -0.533. The van der Waals surface area contributed by atoms with Crippen LogP contribution in [0, 0.1) is 0 Å². The van der Waals surface area contributed by atoms with Gasteiger partial charge in [-0.25, -0.2) is 0 Å². The highest BCUT2D eigenvalue weighted by atomic mass is 16.3. The fraction of sp³-hybridized carbons (Fsp3) is 0.909. The number of amides is 1. The molecule has 0 aromatic rings. The monoisotopic (exact) mass is 523 g/mol. The highest BCUT2D eigenvalue weighted by molar-refractivity contribution is 5.76. The van der Waals surface area contributed by atoms with E-state index in [4.69, 9.17) is 0 Å². The van der Waals surface area contributed by atoms with Crippen LogP contribution in [0.5, 0.6) is 0 Å². The van der Waals surface area contributed by atoms with Gasteiger partial charge in [-0.2, -0.15) is 0 Å². The molecule has 0 saturated carbocycles. The van der Waals surface area contributed by atoms with Crippen LogP contribution in [0.2, 0.25) is 0 Å². The molecule has 37 heavy (non-hydrogen) atoms. The Morgan fingerprint density at radius 1 is 0.622 bits per heavy atom. The summed E-state index contributed by atoms with van der Waals surface area (Å²) in [5, 5.41) is 22.9. The predicted molar refractivity (Wildman–Crippen MR) is 161 cm³/mol. The van der Waals surface area contributed by atoms with Crippen LogP contribution < -0.4 is 5.32 Å². The Morgan fingerprint density at radius 3 is 1.49 bits per heavy atom. The summed E-state index contributed by atoms with van der Waals surface area (Å²) in [7, 11) is 0. The lowest BCUT2D eigenvalue weighted by Crippen LogP contribution is -2.45. The number of aliphatic hydroxyl groups is 2. The quantitative estimate of drug-likeness (QED) is 0.0676. The van der Waals surface area contributed by atoms with Crippen LogP contribution >= 0.6 is 0 Å². The molecule has 0 saturated heterocycles. The largest absolute Gasteiger partial charge is 0.394 e. The molecule has 0 bridgehead atoms. The zero-order valence-corrected chi connectivity index (χ0v) is 25.0. The van der Waals surface area contributed by atoms with Crippen LogP contribution in [0.15, 0.2) is 12.2 Å². The Bertz CT molecular complexity index is 494. The van der Waals surface area contributed by atoms with Crippen LogP contribution in [0.1, 0.15) is 174 Å². The topological polar surface area (TPSA) is 69.6 Å². The van der Waals surface area contributed by atoms with Gasteiger partial charge in [-0.05, 0) is 38.5 Å². The Balaban J connectivity index is 3.60. The van der Waals surface area contributed by atoms with Crippen molar-refractivity contribution in [2.45, 2.75) is 187 Å². The minimum atomic E-state index is -0.655. The van der Waals surface area contributed by atoms with Gasteiger partial charge in [0.2, 0.25) is 5.91 Å². The van der Waals surface area contributed by atoms with Crippen molar-refractivity contribution in [1.82, 2.24) is 5.32 Å². The first-order valence-corrected chi connectivity index (χ1v) is 16.4. The number of rotatable bonds is 29. The summed E-state index contributed by atoms with van der Waals surface area (Å²) >= 11 is 0. The maximum Gasteiger partial charge on any atom is 0.220 e. The molecule has 1 amide bonds. The molecule has 0 fully saturated rings. The van der Waals surface area contributed by atoms with E-state index >= 15 is 0 Å². The molecule has 0 aliphatic carbocycles. The molecule has 4 heteroatoms. The Labute approximate surface area is 231 Å². The van der Waals surface area contributed by atoms with Crippen LogP contribution in [-0.4, -0.2) is 34.9 Å². The summed E-state index contributed by atoms with van der Waals surface area (Å²) in [4.78, 5) is 12.3. The molecule has 0 aromatic heterocycles. The Kier molecular flexibility index (Phi) is 29.0. The minimum Gasteiger partial charge on any atom is -0.394 e. The summed E-state index contributed by atoms with van der Waals surface area (Å²) < 4.78 is 0. The molecule has 0 aliphatic rings. The van der Waals surface area contributed by atoms with Crippen molar-refractivity contribution in [2.75, 3.05) is 6.61 Å². The predicted octanol–water partition coefficient (Wildman–Crippen LogP) is 9.17. The van der Waals surface area contributed by atoms with E-state index in [9.17, 15) is 15.0 Å². The summed E-state index contributed by atoms with van der Waals surface area (Å²) in [6.45, 7) is 4.32. The molecule has 0 aromatic carbocycles. The van der Waals surface area contributed by atoms with E-state index in [1.807, 2.05) is 0 Å². The Hall–Kier alpha value is -0.870. The summed E-state index contributed by atoms with van der Waals surface area (Å²) in [5.74, 6) is -0.0428. The first-order chi connectivity index (χ1) is 18.2. The van der Waals surface area contributed by atoms with E-state index in [2.05, 4.69) is 31.3 Å². The lowest BCUT2D eigenvalue weighted by molar-refractivity contribution is -0.123. The van der Waals surface area contributed by atoms with E-state index in [0.29, 0.717) is 12.8 Å².